The van der Waals surface area contributed by atoms with E-state index in [-0.39, 0.29) is 5.91 Å². The van der Waals surface area contributed by atoms with Gasteiger partial charge in [0.05, 0.1) is 18.9 Å². The van der Waals surface area contributed by atoms with Gasteiger partial charge in [-0.2, -0.15) is 0 Å². The number of nitrogens with zero attached hydrogens (tertiary/aromatic N) is 4. The van der Waals surface area contributed by atoms with E-state index < -0.39 is 0 Å². The summed E-state index contributed by atoms with van der Waals surface area (Å²) in [7, 11) is 0. The summed E-state index contributed by atoms with van der Waals surface area (Å²) in [6, 6.07) is 11.2. The first-order valence-corrected chi connectivity index (χ1v) is 16.0. The average Bonchev–Trinajstić information content (AvgIpc) is 3.28. The minimum atomic E-state index is 0.279. The standard InChI is InChI=1S/C33H47N5O2/c39-33-14-9-27-25-34-32(24-31(27)38(33)30-7-3-1-2-4-8-30)35-28-10-12-29(13-11-28)37-18-15-26(16-19-37)6-5-17-36-20-22-40-23-21-36/h10-13,24-26,30H,1-9,14-23H2,(H,34,35). The quantitative estimate of drug-likeness (QED) is 0.401. The highest BCUT2D eigenvalue weighted by Crippen LogP contribution is 2.35. The molecule has 1 aromatic heterocycles. The Morgan fingerprint density at radius 2 is 1.65 bits per heavy atom. The maximum Gasteiger partial charge on any atom is 0.227 e. The third kappa shape index (κ3) is 6.80. The number of hydrogen-bond donors (Lipinski definition) is 1. The van der Waals surface area contributed by atoms with Crippen molar-refractivity contribution in [3.8, 4) is 0 Å². The number of carbonyl (C=O) groups excluding carboxylic acids is 1. The van der Waals surface area contributed by atoms with E-state index in [0.29, 0.717) is 12.5 Å². The van der Waals surface area contributed by atoms with Gasteiger partial charge >= 0.3 is 0 Å². The predicted molar refractivity (Wildman–Crippen MR) is 163 cm³/mol. The second kappa shape index (κ2) is 13.3. The lowest BCUT2D eigenvalue weighted by atomic mass is 9.92. The third-order valence-electron chi connectivity index (χ3n) is 9.60. The molecule has 2 saturated heterocycles. The van der Waals surface area contributed by atoms with E-state index >= 15 is 0 Å². The maximum absolute atomic E-state index is 13.0. The molecule has 0 spiro atoms. The molecule has 1 N–H and O–H groups in total. The molecule has 2 aromatic rings. The molecule has 7 heteroatoms. The highest BCUT2D eigenvalue weighted by atomic mass is 16.5. The van der Waals surface area contributed by atoms with Crippen molar-refractivity contribution in [1.82, 2.24) is 9.88 Å². The fraction of sp³-hybridized carbons (Fsp3) is 0.636. The first kappa shape index (κ1) is 27.5. The van der Waals surface area contributed by atoms with E-state index in [1.54, 1.807) is 0 Å². The van der Waals surface area contributed by atoms with Crippen molar-refractivity contribution in [2.24, 2.45) is 5.92 Å². The molecule has 4 aliphatic rings. The lowest BCUT2D eigenvalue weighted by Crippen LogP contribution is -2.43. The topological polar surface area (TPSA) is 60.9 Å². The number of carbonyl (C=O) groups is 1. The Labute approximate surface area is 240 Å². The molecule has 40 heavy (non-hydrogen) atoms. The van der Waals surface area contributed by atoms with Gasteiger partial charge in [0.2, 0.25) is 5.91 Å². The molecular formula is C33H47N5O2. The van der Waals surface area contributed by atoms with Crippen LogP contribution in [0.1, 0.15) is 76.2 Å². The van der Waals surface area contributed by atoms with Crippen LogP contribution in [0.15, 0.2) is 36.5 Å². The van der Waals surface area contributed by atoms with Crippen molar-refractivity contribution in [1.29, 1.82) is 0 Å². The van der Waals surface area contributed by atoms with Crippen molar-refractivity contribution in [3.63, 3.8) is 0 Å². The highest BCUT2D eigenvalue weighted by Gasteiger charge is 2.31. The Bertz CT molecular complexity index is 1100. The molecule has 7 nitrogen and oxygen atoms in total. The first-order chi connectivity index (χ1) is 19.7. The molecule has 3 aliphatic heterocycles. The summed E-state index contributed by atoms with van der Waals surface area (Å²) in [5.74, 6) is 1.96. The van der Waals surface area contributed by atoms with Crippen molar-refractivity contribution in [2.45, 2.75) is 83.1 Å². The van der Waals surface area contributed by atoms with E-state index in [2.05, 4.69) is 50.3 Å². The Balaban J connectivity index is 1.02. The van der Waals surface area contributed by atoms with Gasteiger partial charge in [-0.15, -0.1) is 0 Å². The van der Waals surface area contributed by atoms with Gasteiger partial charge in [-0.05, 0) is 87.2 Å². The minimum absolute atomic E-state index is 0.279. The minimum Gasteiger partial charge on any atom is -0.379 e. The molecule has 3 fully saturated rings. The zero-order valence-corrected chi connectivity index (χ0v) is 24.2. The fourth-order valence-electron chi connectivity index (χ4n) is 7.18. The Hall–Kier alpha value is -2.64. The number of benzene rings is 1. The predicted octanol–water partition coefficient (Wildman–Crippen LogP) is 6.16. The van der Waals surface area contributed by atoms with Crippen LogP contribution in [-0.2, 0) is 16.0 Å². The average molecular weight is 546 g/mol. The summed E-state index contributed by atoms with van der Waals surface area (Å²) < 4.78 is 5.47. The molecule has 216 valence electrons. The first-order valence-electron chi connectivity index (χ1n) is 16.0. The molecular weight excluding hydrogens is 498 g/mol. The van der Waals surface area contributed by atoms with Gasteiger partial charge in [-0.25, -0.2) is 4.98 Å². The molecule has 6 rings (SSSR count). The molecule has 0 bridgehead atoms. The number of anilines is 4. The second-order valence-corrected chi connectivity index (χ2v) is 12.3. The lowest BCUT2D eigenvalue weighted by Gasteiger charge is -2.36. The monoisotopic (exact) mass is 545 g/mol. The number of amides is 1. The third-order valence-corrected chi connectivity index (χ3v) is 9.60. The second-order valence-electron chi connectivity index (χ2n) is 12.3. The zero-order chi connectivity index (χ0) is 27.1. The summed E-state index contributed by atoms with van der Waals surface area (Å²) >= 11 is 0. The maximum atomic E-state index is 13.0. The van der Waals surface area contributed by atoms with Crippen LogP contribution in [0.5, 0.6) is 0 Å². The number of aromatic nitrogens is 1. The Kier molecular flexibility index (Phi) is 9.19. The van der Waals surface area contributed by atoms with Crippen molar-refractivity contribution in [3.05, 3.63) is 42.1 Å². The normalized spacial score (nSPS) is 21.8. The number of fused-ring (bicyclic) bond motifs is 1. The fourth-order valence-corrected chi connectivity index (χ4v) is 7.18. The molecule has 1 amide bonds. The molecule has 1 saturated carbocycles. The number of nitrogens with one attached hydrogen (secondary N) is 1. The van der Waals surface area contributed by atoms with Gasteiger partial charge in [0.15, 0.2) is 0 Å². The van der Waals surface area contributed by atoms with E-state index in [1.807, 2.05) is 6.20 Å². The summed E-state index contributed by atoms with van der Waals surface area (Å²) in [5.41, 5.74) is 4.62. The van der Waals surface area contributed by atoms with Crippen molar-refractivity contribution in [2.75, 3.05) is 61.1 Å². The van der Waals surface area contributed by atoms with Gasteiger partial charge in [0.1, 0.15) is 5.82 Å². The summed E-state index contributed by atoms with van der Waals surface area (Å²) in [6.45, 7) is 7.52. The summed E-state index contributed by atoms with van der Waals surface area (Å²) in [6.07, 6.45) is 15.9. The van der Waals surface area contributed by atoms with Crippen molar-refractivity contribution >= 4 is 28.8 Å². The Morgan fingerprint density at radius 3 is 2.40 bits per heavy atom. The van der Waals surface area contributed by atoms with Crippen molar-refractivity contribution < 1.29 is 9.53 Å². The van der Waals surface area contributed by atoms with Crippen LogP contribution in [-0.4, -0.2) is 67.8 Å². The van der Waals surface area contributed by atoms with E-state index in [4.69, 9.17) is 9.72 Å². The van der Waals surface area contributed by atoms with E-state index in [9.17, 15) is 4.79 Å². The SMILES string of the molecule is O=C1CCc2cnc(Nc3ccc(N4CCC(CCCN5CCOCC5)CC4)cc3)cc2N1C1CCCCCC1. The molecule has 4 heterocycles. The highest BCUT2D eigenvalue weighted by molar-refractivity contribution is 5.97. The molecule has 1 aliphatic carbocycles. The van der Waals surface area contributed by atoms with Crippen LogP contribution in [0.4, 0.5) is 22.9 Å². The van der Waals surface area contributed by atoms with Gasteiger partial charge in [-0.3, -0.25) is 9.69 Å². The largest absolute Gasteiger partial charge is 0.379 e. The van der Waals surface area contributed by atoms with Crippen LogP contribution >= 0.6 is 0 Å². The van der Waals surface area contributed by atoms with Crippen LogP contribution in [0.25, 0.3) is 0 Å². The van der Waals surface area contributed by atoms with Gasteiger partial charge in [0, 0.05) is 62.3 Å². The number of morpholine rings is 1. The van der Waals surface area contributed by atoms with E-state index in [1.165, 1.54) is 69.2 Å². The molecule has 0 radical (unpaired) electrons. The van der Waals surface area contributed by atoms with Crippen LogP contribution in [0, 0.1) is 5.92 Å². The number of piperidine rings is 1. The molecule has 0 unspecified atom stereocenters. The number of pyridine rings is 1. The van der Waals surface area contributed by atoms with E-state index in [0.717, 1.165) is 81.8 Å². The number of rotatable bonds is 8. The lowest BCUT2D eigenvalue weighted by molar-refractivity contribution is -0.119. The smallest absolute Gasteiger partial charge is 0.227 e. The number of ether oxygens (including phenoxy) is 1. The number of aryl methyl sites for hydroxylation is 1. The number of hydrogen-bond acceptors (Lipinski definition) is 6. The zero-order valence-electron chi connectivity index (χ0n) is 24.2. The van der Waals surface area contributed by atoms with Crippen LogP contribution in [0.2, 0.25) is 0 Å². The van der Waals surface area contributed by atoms with Gasteiger partial charge in [-0.1, -0.05) is 25.7 Å². The van der Waals surface area contributed by atoms with Gasteiger partial charge < -0.3 is 19.9 Å². The molecule has 0 atom stereocenters. The summed E-state index contributed by atoms with van der Waals surface area (Å²) in [4.78, 5) is 25.0. The summed E-state index contributed by atoms with van der Waals surface area (Å²) in [5, 5.41) is 3.51. The Morgan fingerprint density at radius 1 is 0.900 bits per heavy atom. The van der Waals surface area contributed by atoms with Crippen LogP contribution < -0.4 is 15.1 Å². The molecule has 1 aromatic carbocycles. The van der Waals surface area contributed by atoms with Gasteiger partial charge in [0.25, 0.3) is 0 Å². The van der Waals surface area contributed by atoms with Crippen LogP contribution in [0.3, 0.4) is 0 Å².